The normalized spacial score (nSPS) is 17.3. The van der Waals surface area contributed by atoms with Crippen molar-refractivity contribution in [1.29, 1.82) is 0 Å². The minimum Gasteiger partial charge on any atom is -0.396 e. The predicted octanol–water partition coefficient (Wildman–Crippen LogP) is 1.99. The first-order valence-corrected chi connectivity index (χ1v) is 8.47. The molecule has 2 amide bonds. The SMILES string of the molecule is Cc1ccc(-c2ccccc2C(=O)N2CCNC(=O)C2CCO)cc1. The van der Waals surface area contributed by atoms with Gasteiger partial charge in [-0.15, -0.1) is 0 Å². The Morgan fingerprint density at radius 3 is 2.64 bits per heavy atom. The average molecular weight is 338 g/mol. The van der Waals surface area contributed by atoms with Crippen LogP contribution in [-0.4, -0.2) is 47.6 Å². The van der Waals surface area contributed by atoms with Crippen molar-refractivity contribution >= 4 is 11.8 Å². The van der Waals surface area contributed by atoms with E-state index in [1.54, 1.807) is 11.0 Å². The van der Waals surface area contributed by atoms with Crippen LogP contribution in [0.3, 0.4) is 0 Å². The lowest BCUT2D eigenvalue weighted by atomic mass is 9.97. The van der Waals surface area contributed by atoms with Crippen LogP contribution in [0.1, 0.15) is 22.3 Å². The molecule has 0 saturated carbocycles. The van der Waals surface area contributed by atoms with E-state index >= 15 is 0 Å². The molecule has 5 nitrogen and oxygen atoms in total. The van der Waals surface area contributed by atoms with Crippen LogP contribution in [0.15, 0.2) is 48.5 Å². The molecule has 130 valence electrons. The molecule has 5 heteroatoms. The standard InChI is InChI=1S/C20H22N2O3/c1-14-6-8-15(9-7-14)16-4-2-3-5-17(16)20(25)22-12-11-21-19(24)18(22)10-13-23/h2-9,18,23H,10-13H2,1H3,(H,21,24). The second-order valence-corrected chi connectivity index (χ2v) is 6.23. The molecule has 1 aliphatic heterocycles. The molecule has 0 radical (unpaired) electrons. The molecule has 0 aromatic heterocycles. The minimum atomic E-state index is -0.627. The lowest BCUT2D eigenvalue weighted by Crippen LogP contribution is -2.57. The van der Waals surface area contributed by atoms with Crippen LogP contribution in [-0.2, 0) is 4.79 Å². The smallest absolute Gasteiger partial charge is 0.255 e. The summed E-state index contributed by atoms with van der Waals surface area (Å²) in [7, 11) is 0. The number of hydrogen-bond donors (Lipinski definition) is 2. The van der Waals surface area contributed by atoms with Gasteiger partial charge in [0.2, 0.25) is 5.91 Å². The number of benzene rings is 2. The molecule has 2 N–H and O–H groups in total. The molecular weight excluding hydrogens is 316 g/mol. The monoisotopic (exact) mass is 338 g/mol. The molecule has 0 aliphatic carbocycles. The Morgan fingerprint density at radius 2 is 1.92 bits per heavy atom. The molecule has 1 unspecified atom stereocenters. The number of aryl methyl sites for hydroxylation is 1. The molecule has 2 aromatic carbocycles. The highest BCUT2D eigenvalue weighted by Gasteiger charge is 2.33. The van der Waals surface area contributed by atoms with Crippen LogP contribution in [0.4, 0.5) is 0 Å². The van der Waals surface area contributed by atoms with E-state index in [0.717, 1.165) is 16.7 Å². The first-order chi connectivity index (χ1) is 12.1. The Balaban J connectivity index is 1.97. The van der Waals surface area contributed by atoms with Crippen LogP contribution in [0, 0.1) is 6.92 Å². The molecule has 1 atom stereocenters. The van der Waals surface area contributed by atoms with Crippen molar-refractivity contribution in [2.45, 2.75) is 19.4 Å². The number of hydrogen-bond acceptors (Lipinski definition) is 3. The van der Waals surface area contributed by atoms with Gasteiger partial charge in [0.05, 0.1) is 0 Å². The fourth-order valence-electron chi connectivity index (χ4n) is 3.18. The minimum absolute atomic E-state index is 0.137. The summed E-state index contributed by atoms with van der Waals surface area (Å²) in [5, 5.41) is 12.0. The average Bonchev–Trinajstić information content (AvgIpc) is 2.64. The van der Waals surface area contributed by atoms with Crippen LogP contribution < -0.4 is 5.32 Å². The van der Waals surface area contributed by atoms with Crippen molar-refractivity contribution in [2.24, 2.45) is 0 Å². The van der Waals surface area contributed by atoms with Crippen molar-refractivity contribution in [2.75, 3.05) is 19.7 Å². The summed E-state index contributed by atoms with van der Waals surface area (Å²) < 4.78 is 0. The number of nitrogens with one attached hydrogen (secondary N) is 1. The zero-order valence-electron chi connectivity index (χ0n) is 14.2. The van der Waals surface area contributed by atoms with Gasteiger partial charge in [-0.25, -0.2) is 0 Å². The number of aliphatic hydroxyl groups excluding tert-OH is 1. The number of rotatable bonds is 4. The molecule has 3 rings (SSSR count). The summed E-state index contributed by atoms with van der Waals surface area (Å²) in [6.45, 7) is 2.75. The second-order valence-electron chi connectivity index (χ2n) is 6.23. The zero-order chi connectivity index (χ0) is 17.8. The number of amides is 2. The van der Waals surface area contributed by atoms with Gasteiger partial charge in [-0.3, -0.25) is 9.59 Å². The maximum atomic E-state index is 13.2. The number of carbonyl (C=O) groups excluding carboxylic acids is 2. The quantitative estimate of drug-likeness (QED) is 0.896. The van der Waals surface area contributed by atoms with Gasteiger partial charge in [-0.05, 0) is 30.5 Å². The Kier molecular flexibility index (Phi) is 5.14. The topological polar surface area (TPSA) is 69.6 Å². The van der Waals surface area contributed by atoms with Crippen molar-refractivity contribution < 1.29 is 14.7 Å². The predicted molar refractivity (Wildman–Crippen MR) is 96.2 cm³/mol. The third-order valence-electron chi connectivity index (χ3n) is 4.51. The number of aliphatic hydroxyl groups is 1. The highest BCUT2D eigenvalue weighted by molar-refractivity contribution is 6.03. The van der Waals surface area contributed by atoms with Crippen molar-refractivity contribution in [1.82, 2.24) is 10.2 Å². The van der Waals surface area contributed by atoms with Crippen molar-refractivity contribution in [3.63, 3.8) is 0 Å². The van der Waals surface area contributed by atoms with E-state index in [4.69, 9.17) is 0 Å². The van der Waals surface area contributed by atoms with Crippen LogP contribution in [0.2, 0.25) is 0 Å². The van der Waals surface area contributed by atoms with E-state index in [-0.39, 0.29) is 24.8 Å². The number of nitrogens with zero attached hydrogens (tertiary/aromatic N) is 1. The van der Waals surface area contributed by atoms with Gasteiger partial charge in [0, 0.05) is 25.3 Å². The van der Waals surface area contributed by atoms with Gasteiger partial charge in [-0.1, -0.05) is 48.0 Å². The summed E-state index contributed by atoms with van der Waals surface area (Å²) in [4.78, 5) is 26.8. The Bertz CT molecular complexity index is 771. The molecule has 2 aromatic rings. The van der Waals surface area contributed by atoms with Gasteiger partial charge in [0.1, 0.15) is 6.04 Å². The third kappa shape index (κ3) is 3.56. The molecule has 1 saturated heterocycles. The van der Waals surface area contributed by atoms with E-state index in [1.807, 2.05) is 49.4 Å². The Labute approximate surface area is 147 Å². The van der Waals surface area contributed by atoms with E-state index in [0.29, 0.717) is 18.7 Å². The van der Waals surface area contributed by atoms with E-state index in [9.17, 15) is 14.7 Å². The molecule has 1 aliphatic rings. The summed E-state index contributed by atoms with van der Waals surface area (Å²) in [6, 6.07) is 14.8. The van der Waals surface area contributed by atoms with Crippen LogP contribution in [0.25, 0.3) is 11.1 Å². The first-order valence-electron chi connectivity index (χ1n) is 8.47. The van der Waals surface area contributed by atoms with E-state index in [1.165, 1.54) is 0 Å². The van der Waals surface area contributed by atoms with Gasteiger partial charge in [0.25, 0.3) is 5.91 Å². The van der Waals surface area contributed by atoms with Crippen LogP contribution in [0.5, 0.6) is 0 Å². The first kappa shape index (κ1) is 17.2. The molecule has 1 fully saturated rings. The molecule has 1 heterocycles. The van der Waals surface area contributed by atoms with Gasteiger partial charge in [0.15, 0.2) is 0 Å². The van der Waals surface area contributed by atoms with Gasteiger partial charge >= 0.3 is 0 Å². The summed E-state index contributed by atoms with van der Waals surface area (Å²) >= 11 is 0. The lowest BCUT2D eigenvalue weighted by Gasteiger charge is -2.35. The Morgan fingerprint density at radius 1 is 1.20 bits per heavy atom. The van der Waals surface area contributed by atoms with Crippen LogP contribution >= 0.6 is 0 Å². The maximum absolute atomic E-state index is 13.2. The summed E-state index contributed by atoms with van der Waals surface area (Å²) in [5.74, 6) is -0.383. The second kappa shape index (κ2) is 7.49. The molecule has 0 spiro atoms. The van der Waals surface area contributed by atoms with E-state index in [2.05, 4.69) is 5.32 Å². The van der Waals surface area contributed by atoms with Gasteiger partial charge < -0.3 is 15.3 Å². The van der Waals surface area contributed by atoms with E-state index < -0.39 is 6.04 Å². The molecular formula is C20H22N2O3. The largest absolute Gasteiger partial charge is 0.396 e. The van der Waals surface area contributed by atoms with Gasteiger partial charge in [-0.2, -0.15) is 0 Å². The third-order valence-corrected chi connectivity index (χ3v) is 4.51. The number of carbonyl (C=O) groups is 2. The fourth-order valence-corrected chi connectivity index (χ4v) is 3.18. The van der Waals surface area contributed by atoms with Crippen molar-refractivity contribution in [3.05, 3.63) is 59.7 Å². The highest BCUT2D eigenvalue weighted by Crippen LogP contribution is 2.26. The maximum Gasteiger partial charge on any atom is 0.255 e. The zero-order valence-corrected chi connectivity index (χ0v) is 14.2. The molecule has 25 heavy (non-hydrogen) atoms. The fraction of sp³-hybridized carbons (Fsp3) is 0.300. The molecule has 0 bridgehead atoms. The summed E-state index contributed by atoms with van der Waals surface area (Å²) in [6.07, 6.45) is 0.240. The Hall–Kier alpha value is -2.66. The number of piperazine rings is 1. The summed E-state index contributed by atoms with van der Waals surface area (Å²) in [5.41, 5.74) is 3.54. The van der Waals surface area contributed by atoms with Crippen molar-refractivity contribution in [3.8, 4) is 11.1 Å². The highest BCUT2D eigenvalue weighted by atomic mass is 16.3. The lowest BCUT2D eigenvalue weighted by molar-refractivity contribution is -0.128.